The standard InChI is InChI=1S/C21H27BrN2O2/c22-21-12-15-9-16(13-21)11-20(10-15,14-21)19(25)23-17-3-1-2-4-18(17)24-5-7-26-8-6-24/h1-4,15-16H,5-14H2,(H,23,25)/t15-,16+,20?,21?. The number of benzene rings is 1. The number of morpholine rings is 1. The van der Waals surface area contributed by atoms with Crippen molar-refractivity contribution in [1.82, 2.24) is 0 Å². The second-order valence-corrected chi connectivity index (χ2v) is 10.6. The number of nitrogens with one attached hydrogen (secondary N) is 1. The minimum absolute atomic E-state index is 0.175. The molecule has 6 rings (SSSR count). The molecule has 1 aromatic carbocycles. The van der Waals surface area contributed by atoms with Crippen LogP contribution in [0.2, 0.25) is 0 Å². The Kier molecular flexibility index (Phi) is 4.09. The maximum atomic E-state index is 13.5. The molecule has 0 radical (unpaired) electrons. The van der Waals surface area contributed by atoms with Crippen molar-refractivity contribution in [1.29, 1.82) is 0 Å². The zero-order chi connectivity index (χ0) is 17.8. The van der Waals surface area contributed by atoms with Crippen molar-refractivity contribution >= 4 is 33.2 Å². The van der Waals surface area contributed by atoms with Crippen LogP contribution in [0.25, 0.3) is 0 Å². The monoisotopic (exact) mass is 418 g/mol. The molecule has 140 valence electrons. The van der Waals surface area contributed by atoms with E-state index in [4.69, 9.17) is 4.74 Å². The zero-order valence-electron chi connectivity index (χ0n) is 15.2. The van der Waals surface area contributed by atoms with E-state index < -0.39 is 0 Å². The van der Waals surface area contributed by atoms with Crippen LogP contribution in [0.3, 0.4) is 0 Å². The lowest BCUT2D eigenvalue weighted by molar-refractivity contribution is -0.138. The number of anilines is 2. The molecular formula is C21H27BrN2O2. The first-order valence-electron chi connectivity index (χ1n) is 9.97. The van der Waals surface area contributed by atoms with Gasteiger partial charge in [-0.3, -0.25) is 4.79 Å². The van der Waals surface area contributed by atoms with E-state index in [1.165, 1.54) is 19.3 Å². The van der Waals surface area contributed by atoms with Gasteiger partial charge in [-0.05, 0) is 62.5 Å². The van der Waals surface area contributed by atoms with Crippen LogP contribution in [0, 0.1) is 17.3 Å². The average Bonchev–Trinajstić information content (AvgIpc) is 2.61. The predicted molar refractivity (Wildman–Crippen MR) is 107 cm³/mol. The van der Waals surface area contributed by atoms with Crippen molar-refractivity contribution < 1.29 is 9.53 Å². The SMILES string of the molecule is O=C(Nc1ccccc1N1CCOCC1)C12C[C@@H]3C[C@@H](CC(Br)(C3)C1)C2. The summed E-state index contributed by atoms with van der Waals surface area (Å²) in [7, 11) is 0. The number of rotatable bonds is 3. The topological polar surface area (TPSA) is 41.6 Å². The molecule has 0 spiro atoms. The summed E-state index contributed by atoms with van der Waals surface area (Å²) in [6.45, 7) is 3.27. The van der Waals surface area contributed by atoms with Gasteiger partial charge in [-0.2, -0.15) is 0 Å². The van der Waals surface area contributed by atoms with Crippen molar-refractivity contribution in [2.24, 2.45) is 17.3 Å². The number of alkyl halides is 1. The number of nitrogens with zero attached hydrogens (tertiary/aromatic N) is 1. The van der Waals surface area contributed by atoms with Crippen LogP contribution in [0.5, 0.6) is 0 Å². The molecule has 1 aromatic rings. The first-order chi connectivity index (χ1) is 12.6. The number of halogens is 1. The highest BCUT2D eigenvalue weighted by Gasteiger charge is 2.59. The molecule has 4 bridgehead atoms. The minimum atomic E-state index is -0.175. The van der Waals surface area contributed by atoms with Crippen LogP contribution < -0.4 is 10.2 Å². The van der Waals surface area contributed by atoms with Crippen molar-refractivity contribution in [2.75, 3.05) is 36.5 Å². The smallest absolute Gasteiger partial charge is 0.230 e. The van der Waals surface area contributed by atoms with Crippen molar-refractivity contribution in [3.8, 4) is 0 Å². The molecule has 5 aliphatic rings. The van der Waals surface area contributed by atoms with Crippen molar-refractivity contribution in [3.63, 3.8) is 0 Å². The normalized spacial score (nSPS) is 38.4. The van der Waals surface area contributed by atoms with Gasteiger partial charge in [-0.15, -0.1) is 0 Å². The summed E-state index contributed by atoms with van der Waals surface area (Å²) < 4.78 is 5.69. The average molecular weight is 419 g/mol. The molecule has 2 unspecified atom stereocenters. The largest absolute Gasteiger partial charge is 0.378 e. The molecule has 1 heterocycles. The lowest BCUT2D eigenvalue weighted by atomic mass is 9.49. The van der Waals surface area contributed by atoms with E-state index in [9.17, 15) is 4.79 Å². The van der Waals surface area contributed by atoms with Crippen LogP contribution in [0.1, 0.15) is 38.5 Å². The number of carbonyl (C=O) groups excluding carboxylic acids is 1. The van der Waals surface area contributed by atoms with Crippen LogP contribution in [0.4, 0.5) is 11.4 Å². The van der Waals surface area contributed by atoms with E-state index in [2.05, 4.69) is 38.3 Å². The molecule has 4 atom stereocenters. The van der Waals surface area contributed by atoms with Crippen molar-refractivity contribution in [2.45, 2.75) is 42.8 Å². The summed E-state index contributed by atoms with van der Waals surface area (Å²) >= 11 is 4.02. The Morgan fingerprint density at radius 2 is 1.81 bits per heavy atom. The van der Waals surface area contributed by atoms with Gasteiger partial charge in [0, 0.05) is 17.4 Å². The maximum absolute atomic E-state index is 13.5. The number of ether oxygens (including phenoxy) is 1. The number of carbonyl (C=O) groups is 1. The van der Waals surface area contributed by atoms with E-state index in [-0.39, 0.29) is 15.6 Å². The van der Waals surface area contributed by atoms with Crippen LogP contribution in [0.15, 0.2) is 24.3 Å². The van der Waals surface area contributed by atoms with Gasteiger partial charge < -0.3 is 15.0 Å². The summed E-state index contributed by atoms with van der Waals surface area (Å²) in [4.78, 5) is 15.8. The number of para-hydroxylation sites is 2. The summed E-state index contributed by atoms with van der Waals surface area (Å²) in [5.74, 6) is 1.68. The molecular weight excluding hydrogens is 392 g/mol. The lowest BCUT2D eigenvalue weighted by Gasteiger charge is -2.59. The molecule has 0 aromatic heterocycles. The maximum Gasteiger partial charge on any atom is 0.230 e. The lowest BCUT2D eigenvalue weighted by Crippen LogP contribution is -2.57. The molecule has 1 amide bonds. The Bertz CT molecular complexity index is 702. The molecule has 1 N–H and O–H groups in total. The van der Waals surface area contributed by atoms with Gasteiger partial charge in [-0.25, -0.2) is 0 Å². The fourth-order valence-electron chi connectivity index (χ4n) is 6.33. The third-order valence-corrected chi connectivity index (χ3v) is 7.90. The van der Waals surface area contributed by atoms with E-state index >= 15 is 0 Å². The summed E-state index contributed by atoms with van der Waals surface area (Å²) in [6, 6.07) is 8.24. The van der Waals surface area contributed by atoms with Gasteiger partial charge in [0.1, 0.15) is 0 Å². The van der Waals surface area contributed by atoms with Gasteiger partial charge in [-0.1, -0.05) is 28.1 Å². The van der Waals surface area contributed by atoms with E-state index in [1.54, 1.807) is 0 Å². The highest BCUT2D eigenvalue weighted by Crippen LogP contribution is 2.64. The van der Waals surface area contributed by atoms with Gasteiger partial charge >= 0.3 is 0 Å². The van der Waals surface area contributed by atoms with Crippen molar-refractivity contribution in [3.05, 3.63) is 24.3 Å². The summed E-state index contributed by atoms with van der Waals surface area (Å²) in [5.41, 5.74) is 1.91. The molecule has 26 heavy (non-hydrogen) atoms. The third kappa shape index (κ3) is 2.88. The van der Waals surface area contributed by atoms with Gasteiger partial charge in [0.25, 0.3) is 0 Å². The van der Waals surface area contributed by atoms with Crippen LogP contribution in [-0.2, 0) is 9.53 Å². The molecule has 4 nitrogen and oxygen atoms in total. The molecule has 4 aliphatic carbocycles. The molecule has 1 aliphatic heterocycles. The van der Waals surface area contributed by atoms with Crippen LogP contribution in [-0.4, -0.2) is 36.5 Å². The Balaban J connectivity index is 1.39. The summed E-state index contributed by atoms with van der Waals surface area (Å²) in [5, 5.41) is 3.34. The zero-order valence-corrected chi connectivity index (χ0v) is 16.8. The molecule has 5 fully saturated rings. The van der Waals surface area contributed by atoms with Gasteiger partial charge in [0.2, 0.25) is 5.91 Å². The van der Waals surface area contributed by atoms with E-state index in [0.29, 0.717) is 0 Å². The number of hydrogen-bond acceptors (Lipinski definition) is 3. The first-order valence-corrected chi connectivity index (χ1v) is 10.8. The third-order valence-electron chi connectivity index (χ3n) is 6.98. The number of amides is 1. The Morgan fingerprint density at radius 3 is 2.50 bits per heavy atom. The Morgan fingerprint density at radius 1 is 1.12 bits per heavy atom. The highest BCUT2D eigenvalue weighted by atomic mass is 79.9. The Hall–Kier alpha value is -1.07. The molecule has 5 heteroatoms. The fraction of sp³-hybridized carbons (Fsp3) is 0.667. The minimum Gasteiger partial charge on any atom is -0.378 e. The number of hydrogen-bond donors (Lipinski definition) is 1. The van der Waals surface area contributed by atoms with Gasteiger partial charge in [0.05, 0.1) is 30.0 Å². The van der Waals surface area contributed by atoms with Gasteiger partial charge in [0.15, 0.2) is 0 Å². The molecule has 4 saturated carbocycles. The Labute approximate surface area is 163 Å². The molecule has 1 saturated heterocycles. The second kappa shape index (κ2) is 6.23. The predicted octanol–water partition coefficient (Wildman–Crippen LogP) is 4.20. The van der Waals surface area contributed by atoms with E-state index in [0.717, 1.165) is 68.8 Å². The summed E-state index contributed by atoms with van der Waals surface area (Å²) in [6.07, 6.45) is 6.97. The highest BCUT2D eigenvalue weighted by molar-refractivity contribution is 9.10. The quantitative estimate of drug-likeness (QED) is 0.747. The second-order valence-electron chi connectivity index (χ2n) is 8.96. The van der Waals surface area contributed by atoms with Crippen LogP contribution >= 0.6 is 15.9 Å². The fourth-order valence-corrected chi connectivity index (χ4v) is 7.78. The first kappa shape index (κ1) is 17.1. The van der Waals surface area contributed by atoms with E-state index in [1.807, 2.05) is 12.1 Å².